The first-order valence-corrected chi connectivity index (χ1v) is 7.95. The molecule has 2 aliphatic rings. The summed E-state index contributed by atoms with van der Waals surface area (Å²) in [4.78, 5) is 14.6. The highest BCUT2D eigenvalue weighted by Gasteiger charge is 2.29. The Hall–Kier alpha value is -0.650. The monoisotopic (exact) mass is 283 g/mol. The first-order chi connectivity index (χ1) is 9.69. The molecule has 20 heavy (non-hydrogen) atoms. The third kappa shape index (κ3) is 4.72. The SMILES string of the molecule is COC1CNC(C(=O)NCC(C)CN2CCCCC2)C1. The molecule has 0 aromatic heterocycles. The first kappa shape index (κ1) is 15.7. The highest BCUT2D eigenvalue weighted by atomic mass is 16.5. The van der Waals surface area contributed by atoms with Crippen molar-refractivity contribution in [3.63, 3.8) is 0 Å². The Morgan fingerprint density at radius 3 is 2.80 bits per heavy atom. The molecule has 0 bridgehead atoms. The van der Waals surface area contributed by atoms with Gasteiger partial charge in [0, 0.05) is 26.7 Å². The van der Waals surface area contributed by atoms with E-state index in [-0.39, 0.29) is 18.1 Å². The molecular weight excluding hydrogens is 254 g/mol. The van der Waals surface area contributed by atoms with Crippen LogP contribution in [-0.2, 0) is 9.53 Å². The average Bonchev–Trinajstić information content (AvgIpc) is 2.95. The van der Waals surface area contributed by atoms with E-state index >= 15 is 0 Å². The van der Waals surface area contributed by atoms with Crippen LogP contribution in [0.5, 0.6) is 0 Å². The van der Waals surface area contributed by atoms with E-state index in [2.05, 4.69) is 22.5 Å². The number of carbonyl (C=O) groups excluding carboxylic acids is 1. The van der Waals surface area contributed by atoms with Gasteiger partial charge < -0.3 is 20.3 Å². The van der Waals surface area contributed by atoms with E-state index in [1.54, 1.807) is 7.11 Å². The number of hydrogen-bond donors (Lipinski definition) is 2. The fourth-order valence-electron chi connectivity index (χ4n) is 3.13. The number of carbonyl (C=O) groups is 1. The van der Waals surface area contributed by atoms with Gasteiger partial charge in [0.05, 0.1) is 12.1 Å². The molecule has 0 spiro atoms. The first-order valence-electron chi connectivity index (χ1n) is 7.95. The van der Waals surface area contributed by atoms with Crippen molar-refractivity contribution in [1.29, 1.82) is 0 Å². The Labute approximate surface area is 122 Å². The summed E-state index contributed by atoms with van der Waals surface area (Å²) in [5, 5.41) is 6.29. The second kappa shape index (κ2) is 7.96. The third-order valence-electron chi connectivity index (χ3n) is 4.38. The van der Waals surface area contributed by atoms with Crippen molar-refractivity contribution in [2.24, 2.45) is 5.92 Å². The summed E-state index contributed by atoms with van der Waals surface area (Å²) < 4.78 is 5.27. The molecule has 2 rings (SSSR count). The molecule has 0 radical (unpaired) electrons. The van der Waals surface area contributed by atoms with E-state index in [4.69, 9.17) is 4.74 Å². The van der Waals surface area contributed by atoms with Gasteiger partial charge in [-0.05, 0) is 38.3 Å². The summed E-state index contributed by atoms with van der Waals surface area (Å²) >= 11 is 0. The molecule has 5 nitrogen and oxygen atoms in total. The Morgan fingerprint density at radius 1 is 1.40 bits per heavy atom. The van der Waals surface area contributed by atoms with Crippen molar-refractivity contribution < 1.29 is 9.53 Å². The highest BCUT2D eigenvalue weighted by molar-refractivity contribution is 5.82. The molecule has 0 saturated carbocycles. The third-order valence-corrected chi connectivity index (χ3v) is 4.38. The predicted molar refractivity (Wildman–Crippen MR) is 79.7 cm³/mol. The average molecular weight is 283 g/mol. The Balaban J connectivity index is 1.62. The topological polar surface area (TPSA) is 53.6 Å². The summed E-state index contributed by atoms with van der Waals surface area (Å²) in [6.45, 7) is 7.30. The minimum absolute atomic E-state index is 0.0814. The largest absolute Gasteiger partial charge is 0.380 e. The van der Waals surface area contributed by atoms with Gasteiger partial charge in [0.25, 0.3) is 0 Å². The lowest BCUT2D eigenvalue weighted by Crippen LogP contribution is -2.43. The number of likely N-dealkylation sites (tertiary alicyclic amines) is 1. The number of ether oxygens (including phenoxy) is 1. The molecule has 2 N–H and O–H groups in total. The van der Waals surface area contributed by atoms with E-state index in [1.807, 2.05) is 0 Å². The van der Waals surface area contributed by atoms with Gasteiger partial charge in [-0.3, -0.25) is 4.79 Å². The van der Waals surface area contributed by atoms with Crippen molar-refractivity contribution in [2.75, 3.05) is 39.8 Å². The lowest BCUT2D eigenvalue weighted by atomic mass is 10.1. The number of rotatable bonds is 6. The number of hydrogen-bond acceptors (Lipinski definition) is 4. The molecule has 1 amide bonds. The normalized spacial score (nSPS) is 29.3. The van der Waals surface area contributed by atoms with Crippen LogP contribution in [0.1, 0.15) is 32.6 Å². The van der Waals surface area contributed by atoms with Crippen LogP contribution in [0.25, 0.3) is 0 Å². The molecule has 116 valence electrons. The molecule has 0 aromatic rings. The lowest BCUT2D eigenvalue weighted by Gasteiger charge is -2.29. The quantitative estimate of drug-likeness (QED) is 0.749. The van der Waals surface area contributed by atoms with Gasteiger partial charge >= 0.3 is 0 Å². The molecule has 2 saturated heterocycles. The Kier molecular flexibility index (Phi) is 6.26. The lowest BCUT2D eigenvalue weighted by molar-refractivity contribution is -0.123. The van der Waals surface area contributed by atoms with Gasteiger partial charge in [0.2, 0.25) is 5.91 Å². The number of nitrogens with zero attached hydrogens (tertiary/aromatic N) is 1. The molecule has 2 heterocycles. The number of piperidine rings is 1. The van der Waals surface area contributed by atoms with Crippen LogP contribution in [0.2, 0.25) is 0 Å². The second-order valence-electron chi connectivity index (χ2n) is 6.27. The predicted octanol–water partition coefficient (Wildman–Crippen LogP) is 0.602. The van der Waals surface area contributed by atoms with Crippen molar-refractivity contribution in [1.82, 2.24) is 15.5 Å². The highest BCUT2D eigenvalue weighted by Crippen LogP contribution is 2.11. The van der Waals surface area contributed by atoms with E-state index in [9.17, 15) is 4.79 Å². The maximum Gasteiger partial charge on any atom is 0.237 e. The minimum atomic E-state index is -0.0814. The Bertz CT molecular complexity index is 305. The van der Waals surface area contributed by atoms with Crippen molar-refractivity contribution in [3.8, 4) is 0 Å². The van der Waals surface area contributed by atoms with Crippen LogP contribution >= 0.6 is 0 Å². The summed E-state index contributed by atoms with van der Waals surface area (Å²) in [7, 11) is 1.70. The van der Waals surface area contributed by atoms with Crippen molar-refractivity contribution in [3.05, 3.63) is 0 Å². The number of methoxy groups -OCH3 is 1. The smallest absolute Gasteiger partial charge is 0.237 e. The van der Waals surface area contributed by atoms with Crippen molar-refractivity contribution >= 4 is 5.91 Å². The van der Waals surface area contributed by atoms with Gasteiger partial charge in [-0.2, -0.15) is 0 Å². The fraction of sp³-hybridized carbons (Fsp3) is 0.933. The van der Waals surface area contributed by atoms with Gasteiger partial charge in [-0.1, -0.05) is 13.3 Å². The number of nitrogens with one attached hydrogen (secondary N) is 2. The van der Waals surface area contributed by atoms with Gasteiger partial charge in [0.1, 0.15) is 0 Å². The minimum Gasteiger partial charge on any atom is -0.380 e. The molecule has 3 atom stereocenters. The maximum atomic E-state index is 12.1. The maximum absolute atomic E-state index is 12.1. The van der Waals surface area contributed by atoms with Gasteiger partial charge in [0.15, 0.2) is 0 Å². The van der Waals surface area contributed by atoms with Crippen LogP contribution in [0.3, 0.4) is 0 Å². The molecule has 2 fully saturated rings. The summed E-state index contributed by atoms with van der Waals surface area (Å²) in [6, 6.07) is -0.0814. The van der Waals surface area contributed by atoms with Crippen LogP contribution in [0.4, 0.5) is 0 Å². The summed E-state index contributed by atoms with van der Waals surface area (Å²) in [5.74, 6) is 0.631. The second-order valence-corrected chi connectivity index (χ2v) is 6.27. The molecule has 2 aliphatic heterocycles. The zero-order valence-electron chi connectivity index (χ0n) is 12.9. The molecule has 0 aliphatic carbocycles. The summed E-state index contributed by atoms with van der Waals surface area (Å²) in [6.07, 6.45) is 4.97. The molecule has 5 heteroatoms. The standard InChI is InChI=1S/C15H29N3O2/c1-12(11-18-6-4-3-5-7-18)9-17-15(19)14-8-13(20-2)10-16-14/h12-14,16H,3-11H2,1-2H3,(H,17,19). The summed E-state index contributed by atoms with van der Waals surface area (Å²) in [5.41, 5.74) is 0. The van der Waals surface area contributed by atoms with E-state index in [0.29, 0.717) is 5.92 Å². The molecular formula is C15H29N3O2. The van der Waals surface area contributed by atoms with Crippen LogP contribution in [0.15, 0.2) is 0 Å². The van der Waals surface area contributed by atoms with Crippen molar-refractivity contribution in [2.45, 2.75) is 44.8 Å². The van der Waals surface area contributed by atoms with Crippen LogP contribution in [-0.4, -0.2) is 62.8 Å². The van der Waals surface area contributed by atoms with E-state index in [1.165, 1.54) is 32.4 Å². The number of amides is 1. The fourth-order valence-corrected chi connectivity index (χ4v) is 3.13. The van der Waals surface area contributed by atoms with E-state index in [0.717, 1.165) is 26.1 Å². The Morgan fingerprint density at radius 2 is 2.15 bits per heavy atom. The zero-order chi connectivity index (χ0) is 14.4. The molecule has 0 aromatic carbocycles. The van der Waals surface area contributed by atoms with Gasteiger partial charge in [-0.15, -0.1) is 0 Å². The van der Waals surface area contributed by atoms with E-state index < -0.39 is 0 Å². The van der Waals surface area contributed by atoms with Gasteiger partial charge in [-0.25, -0.2) is 0 Å². The van der Waals surface area contributed by atoms with Crippen LogP contribution < -0.4 is 10.6 Å². The zero-order valence-corrected chi connectivity index (χ0v) is 12.9. The van der Waals surface area contributed by atoms with Crippen LogP contribution in [0, 0.1) is 5.92 Å². The molecule has 3 unspecified atom stereocenters.